The summed E-state index contributed by atoms with van der Waals surface area (Å²) in [5.74, 6) is 1.63. The van der Waals surface area contributed by atoms with E-state index in [4.69, 9.17) is 11.6 Å². The predicted octanol–water partition coefficient (Wildman–Crippen LogP) is 2.66. The maximum absolute atomic E-state index is 5.61. The van der Waals surface area contributed by atoms with Gasteiger partial charge in [-0.3, -0.25) is 0 Å². The Labute approximate surface area is 87.3 Å². The summed E-state index contributed by atoms with van der Waals surface area (Å²) in [5, 5.41) is 10.7. The summed E-state index contributed by atoms with van der Waals surface area (Å²) in [7, 11) is 0. The zero-order valence-corrected chi connectivity index (χ0v) is 9.07. The summed E-state index contributed by atoms with van der Waals surface area (Å²) >= 11 is 7.37. The Bertz CT molecular complexity index is 270. The normalized spacial score (nSPS) is 16.4. The third-order valence-corrected chi connectivity index (χ3v) is 3.47. The molecule has 0 saturated heterocycles. The van der Waals surface area contributed by atoms with E-state index in [0.717, 1.165) is 36.1 Å². The molecule has 4 heteroatoms. The van der Waals surface area contributed by atoms with Crippen LogP contribution in [0.5, 0.6) is 0 Å². The van der Waals surface area contributed by atoms with Gasteiger partial charge < -0.3 is 0 Å². The molecule has 0 amide bonds. The summed E-state index contributed by atoms with van der Waals surface area (Å²) in [6.45, 7) is 0. The molecule has 0 bridgehead atoms. The molecule has 0 radical (unpaired) electrons. The van der Waals surface area contributed by atoms with Gasteiger partial charge in [0.05, 0.1) is 0 Å². The highest BCUT2D eigenvalue weighted by Crippen LogP contribution is 2.33. The summed E-state index contributed by atoms with van der Waals surface area (Å²) in [6, 6.07) is 0. The van der Waals surface area contributed by atoms with Gasteiger partial charge in [0, 0.05) is 18.7 Å². The van der Waals surface area contributed by atoms with Crippen LogP contribution in [0.15, 0.2) is 0 Å². The molecule has 2 nitrogen and oxygen atoms in total. The lowest BCUT2D eigenvalue weighted by atomic mass is 10.3. The van der Waals surface area contributed by atoms with E-state index in [2.05, 4.69) is 10.2 Å². The number of hydrogen-bond donors (Lipinski definition) is 0. The highest BCUT2D eigenvalue weighted by molar-refractivity contribution is 7.11. The molecule has 72 valence electrons. The second-order valence-electron chi connectivity index (χ2n) is 3.53. The van der Waals surface area contributed by atoms with Gasteiger partial charge in [0.15, 0.2) is 0 Å². The van der Waals surface area contributed by atoms with Gasteiger partial charge in [0.1, 0.15) is 10.0 Å². The van der Waals surface area contributed by atoms with E-state index in [9.17, 15) is 0 Å². The van der Waals surface area contributed by atoms with Gasteiger partial charge in [-0.2, -0.15) is 0 Å². The van der Waals surface area contributed by atoms with E-state index >= 15 is 0 Å². The minimum atomic E-state index is 0.720. The van der Waals surface area contributed by atoms with Crippen LogP contribution >= 0.6 is 22.9 Å². The van der Waals surface area contributed by atoms with Crippen molar-refractivity contribution in [3.05, 3.63) is 10.0 Å². The molecular weight excluding hydrogens is 204 g/mol. The zero-order chi connectivity index (χ0) is 9.10. The maximum atomic E-state index is 5.61. The third kappa shape index (κ3) is 2.92. The molecule has 0 unspecified atom stereocenters. The largest absolute Gasteiger partial charge is 0.144 e. The summed E-state index contributed by atoms with van der Waals surface area (Å²) in [4.78, 5) is 0. The average molecular weight is 217 g/mol. The van der Waals surface area contributed by atoms with E-state index in [0.29, 0.717) is 0 Å². The van der Waals surface area contributed by atoms with Crippen molar-refractivity contribution in [2.75, 3.05) is 5.88 Å². The number of rotatable bonds is 5. The summed E-state index contributed by atoms with van der Waals surface area (Å²) in [6.07, 6.45) is 5.93. The molecule has 0 aromatic carbocycles. The Hall–Kier alpha value is -0.150. The second-order valence-corrected chi connectivity index (χ2v) is 5.05. The maximum Gasteiger partial charge on any atom is 0.117 e. The summed E-state index contributed by atoms with van der Waals surface area (Å²) < 4.78 is 0. The van der Waals surface area contributed by atoms with Crippen LogP contribution in [-0.2, 0) is 12.8 Å². The lowest BCUT2D eigenvalue weighted by Crippen LogP contribution is -1.85. The average Bonchev–Trinajstić information content (AvgIpc) is 2.81. The summed E-state index contributed by atoms with van der Waals surface area (Å²) in [5.41, 5.74) is 0. The van der Waals surface area contributed by atoms with Crippen molar-refractivity contribution in [2.24, 2.45) is 5.92 Å². The van der Waals surface area contributed by atoms with Gasteiger partial charge in [-0.1, -0.05) is 0 Å². The number of aryl methyl sites for hydroxylation is 1. The van der Waals surface area contributed by atoms with Crippen LogP contribution in [0.4, 0.5) is 0 Å². The molecule has 0 atom stereocenters. The SMILES string of the molecule is ClCCCc1nnc(CC2CC2)s1. The van der Waals surface area contributed by atoms with Gasteiger partial charge in [-0.05, 0) is 25.2 Å². The zero-order valence-electron chi connectivity index (χ0n) is 7.50. The topological polar surface area (TPSA) is 25.8 Å². The molecule has 1 aromatic rings. The number of halogens is 1. The van der Waals surface area contributed by atoms with Crippen LogP contribution < -0.4 is 0 Å². The van der Waals surface area contributed by atoms with E-state index < -0.39 is 0 Å². The minimum absolute atomic E-state index is 0.720. The Balaban J connectivity index is 1.84. The molecule has 2 rings (SSSR count). The third-order valence-electron chi connectivity index (χ3n) is 2.19. The van der Waals surface area contributed by atoms with Crippen molar-refractivity contribution < 1.29 is 0 Å². The Kier molecular flexibility index (Phi) is 3.17. The first kappa shape index (κ1) is 9.41. The van der Waals surface area contributed by atoms with Gasteiger partial charge >= 0.3 is 0 Å². The second kappa shape index (κ2) is 4.38. The molecule has 0 aliphatic heterocycles. The molecular formula is C9H13ClN2S. The highest BCUT2D eigenvalue weighted by Gasteiger charge is 2.23. The standard InChI is InChI=1S/C9H13ClN2S/c10-5-1-2-8-11-12-9(13-8)6-7-3-4-7/h7H,1-6H2. The van der Waals surface area contributed by atoms with Gasteiger partial charge in [0.2, 0.25) is 0 Å². The molecule has 13 heavy (non-hydrogen) atoms. The van der Waals surface area contributed by atoms with Crippen molar-refractivity contribution in [2.45, 2.75) is 32.1 Å². The van der Waals surface area contributed by atoms with Crippen molar-refractivity contribution in [3.63, 3.8) is 0 Å². The van der Waals surface area contributed by atoms with Crippen molar-refractivity contribution in [1.29, 1.82) is 0 Å². The molecule has 1 heterocycles. The van der Waals surface area contributed by atoms with Crippen LogP contribution in [0.2, 0.25) is 0 Å². The fraction of sp³-hybridized carbons (Fsp3) is 0.778. The van der Waals surface area contributed by atoms with Gasteiger partial charge in [-0.25, -0.2) is 0 Å². The van der Waals surface area contributed by atoms with E-state index in [-0.39, 0.29) is 0 Å². The van der Waals surface area contributed by atoms with Gasteiger partial charge in [-0.15, -0.1) is 33.1 Å². The fourth-order valence-electron chi connectivity index (χ4n) is 1.26. The molecule has 1 saturated carbocycles. The fourth-order valence-corrected chi connectivity index (χ4v) is 2.39. The van der Waals surface area contributed by atoms with Crippen LogP contribution in [0, 0.1) is 5.92 Å². The monoisotopic (exact) mass is 216 g/mol. The molecule has 1 aliphatic carbocycles. The lowest BCUT2D eigenvalue weighted by molar-refractivity contribution is 0.798. The number of alkyl halides is 1. The van der Waals surface area contributed by atoms with Crippen LogP contribution in [0.25, 0.3) is 0 Å². The van der Waals surface area contributed by atoms with Crippen molar-refractivity contribution in [1.82, 2.24) is 10.2 Å². The lowest BCUT2D eigenvalue weighted by Gasteiger charge is -1.89. The van der Waals surface area contributed by atoms with Crippen molar-refractivity contribution >= 4 is 22.9 Å². The molecule has 0 N–H and O–H groups in total. The van der Waals surface area contributed by atoms with Crippen LogP contribution in [-0.4, -0.2) is 16.1 Å². The van der Waals surface area contributed by atoms with Crippen molar-refractivity contribution in [3.8, 4) is 0 Å². The first-order chi connectivity index (χ1) is 6.38. The van der Waals surface area contributed by atoms with Gasteiger partial charge in [0.25, 0.3) is 0 Å². The Morgan fingerprint density at radius 2 is 2.08 bits per heavy atom. The Morgan fingerprint density at radius 3 is 2.77 bits per heavy atom. The van der Waals surface area contributed by atoms with E-state index in [1.165, 1.54) is 17.8 Å². The minimum Gasteiger partial charge on any atom is -0.144 e. The molecule has 0 spiro atoms. The smallest absolute Gasteiger partial charge is 0.117 e. The molecule has 1 aliphatic rings. The first-order valence-electron chi connectivity index (χ1n) is 4.75. The highest BCUT2D eigenvalue weighted by atomic mass is 35.5. The van der Waals surface area contributed by atoms with E-state index in [1.807, 2.05) is 0 Å². The van der Waals surface area contributed by atoms with E-state index in [1.54, 1.807) is 11.3 Å². The van der Waals surface area contributed by atoms with Crippen LogP contribution in [0.3, 0.4) is 0 Å². The van der Waals surface area contributed by atoms with Crippen LogP contribution in [0.1, 0.15) is 29.3 Å². The number of aromatic nitrogens is 2. The molecule has 1 aromatic heterocycles. The predicted molar refractivity (Wildman–Crippen MR) is 55.4 cm³/mol. The first-order valence-corrected chi connectivity index (χ1v) is 6.11. The Morgan fingerprint density at radius 1 is 1.31 bits per heavy atom. The number of nitrogens with zero attached hydrogens (tertiary/aromatic N) is 2. The quantitative estimate of drug-likeness (QED) is 0.708. The molecule has 1 fully saturated rings. The number of hydrogen-bond acceptors (Lipinski definition) is 3.